The first-order valence-corrected chi connectivity index (χ1v) is 15.9. The summed E-state index contributed by atoms with van der Waals surface area (Å²) in [5.41, 5.74) is 5.44. The fraction of sp³-hybridized carbons (Fsp3) is 0.903. The predicted octanol–water partition coefficient (Wildman–Crippen LogP) is 7.44. The molecule has 0 heterocycles. The SMILES string of the molecule is CCCCCCCCCCCCCCC(=O)OC(CCCC)CCCCCC(=O)NC(CCCN)C(=O)O. The molecule has 4 N–H and O–H groups in total. The molecule has 1 amide bonds. The number of rotatable bonds is 28. The summed E-state index contributed by atoms with van der Waals surface area (Å²) in [4.78, 5) is 35.7. The van der Waals surface area contributed by atoms with Gasteiger partial charge in [0.05, 0.1) is 0 Å². The average Bonchev–Trinajstić information content (AvgIpc) is 2.89. The smallest absolute Gasteiger partial charge is 0.326 e. The summed E-state index contributed by atoms with van der Waals surface area (Å²) in [6.45, 7) is 4.80. The van der Waals surface area contributed by atoms with Crippen LogP contribution in [0.15, 0.2) is 0 Å². The van der Waals surface area contributed by atoms with Crippen LogP contribution in [0.4, 0.5) is 0 Å². The number of aliphatic carboxylic acids is 1. The number of hydrogen-bond donors (Lipinski definition) is 3. The third-order valence-electron chi connectivity index (χ3n) is 7.17. The number of carboxylic acid groups (broad SMARTS) is 1. The third-order valence-corrected chi connectivity index (χ3v) is 7.17. The first-order chi connectivity index (χ1) is 18.4. The van der Waals surface area contributed by atoms with Crippen LogP contribution in [-0.2, 0) is 19.1 Å². The van der Waals surface area contributed by atoms with Gasteiger partial charge in [-0.25, -0.2) is 4.79 Å². The molecule has 2 atom stereocenters. The summed E-state index contributed by atoms with van der Waals surface area (Å²) in [7, 11) is 0. The molecule has 0 saturated carbocycles. The zero-order valence-electron chi connectivity index (χ0n) is 24.8. The van der Waals surface area contributed by atoms with Crippen LogP contribution in [0.3, 0.4) is 0 Å². The number of carboxylic acids is 1. The van der Waals surface area contributed by atoms with Gasteiger partial charge in [-0.1, -0.05) is 104 Å². The van der Waals surface area contributed by atoms with Crippen LogP contribution in [0.2, 0.25) is 0 Å². The summed E-state index contributed by atoms with van der Waals surface area (Å²) in [5, 5.41) is 11.8. The molecule has 224 valence electrons. The van der Waals surface area contributed by atoms with Crippen LogP contribution >= 0.6 is 0 Å². The number of carbonyl (C=O) groups is 3. The highest BCUT2D eigenvalue weighted by Crippen LogP contribution is 2.17. The number of unbranched alkanes of at least 4 members (excludes halogenated alkanes) is 14. The Morgan fingerprint density at radius 3 is 1.71 bits per heavy atom. The molecule has 7 heteroatoms. The molecule has 0 spiro atoms. The molecule has 0 aliphatic rings. The number of hydrogen-bond acceptors (Lipinski definition) is 5. The van der Waals surface area contributed by atoms with Crippen LogP contribution in [0.5, 0.6) is 0 Å². The molecule has 0 aromatic heterocycles. The van der Waals surface area contributed by atoms with Crippen molar-refractivity contribution < 1.29 is 24.2 Å². The second-order valence-electron chi connectivity index (χ2n) is 10.9. The molecule has 38 heavy (non-hydrogen) atoms. The van der Waals surface area contributed by atoms with Gasteiger partial charge >= 0.3 is 11.9 Å². The molecule has 0 aromatic rings. The molecule has 2 unspecified atom stereocenters. The second kappa shape index (κ2) is 27.0. The van der Waals surface area contributed by atoms with E-state index in [9.17, 15) is 19.5 Å². The van der Waals surface area contributed by atoms with Crippen LogP contribution in [0, 0.1) is 0 Å². The molecule has 0 aromatic carbocycles. The Balaban J connectivity index is 3.95. The van der Waals surface area contributed by atoms with E-state index in [4.69, 9.17) is 10.5 Å². The lowest BCUT2D eigenvalue weighted by molar-refractivity contribution is -0.150. The number of nitrogens with one attached hydrogen (secondary N) is 1. The molecule has 0 aliphatic heterocycles. The Morgan fingerprint density at radius 1 is 0.658 bits per heavy atom. The van der Waals surface area contributed by atoms with Gasteiger partial charge in [0, 0.05) is 12.8 Å². The summed E-state index contributed by atoms with van der Waals surface area (Å²) < 4.78 is 5.80. The highest BCUT2D eigenvalue weighted by Gasteiger charge is 2.19. The Morgan fingerprint density at radius 2 is 1.16 bits per heavy atom. The largest absolute Gasteiger partial charge is 0.480 e. The zero-order valence-corrected chi connectivity index (χ0v) is 24.8. The molecule has 0 saturated heterocycles. The minimum atomic E-state index is -1.02. The molecular weight excluding hydrogens is 480 g/mol. The van der Waals surface area contributed by atoms with Crippen LogP contribution in [0.25, 0.3) is 0 Å². The number of ether oxygens (including phenoxy) is 1. The molecule has 0 rings (SSSR count). The highest BCUT2D eigenvalue weighted by atomic mass is 16.5. The van der Waals surface area contributed by atoms with Gasteiger partial charge in [0.2, 0.25) is 5.91 Å². The van der Waals surface area contributed by atoms with E-state index in [0.717, 1.165) is 51.4 Å². The Hall–Kier alpha value is -1.63. The molecule has 0 aliphatic carbocycles. The maximum atomic E-state index is 12.4. The maximum Gasteiger partial charge on any atom is 0.326 e. The van der Waals surface area contributed by atoms with E-state index < -0.39 is 12.0 Å². The van der Waals surface area contributed by atoms with E-state index >= 15 is 0 Å². The zero-order chi connectivity index (χ0) is 28.3. The van der Waals surface area contributed by atoms with Crippen LogP contribution < -0.4 is 11.1 Å². The van der Waals surface area contributed by atoms with Gasteiger partial charge in [-0.2, -0.15) is 0 Å². The van der Waals surface area contributed by atoms with E-state index in [1.165, 1.54) is 64.2 Å². The standard InChI is InChI=1S/C31H60N2O5/c1-3-5-7-8-9-10-11-12-13-14-15-19-25-30(35)38-27(21-6-4-2)22-17-16-18-24-29(34)33-28(31(36)37)23-20-26-32/h27-28H,3-26,32H2,1-2H3,(H,33,34)(H,36,37). The number of nitrogens with two attached hydrogens (primary N) is 1. The molecule has 0 fully saturated rings. The molecule has 0 bridgehead atoms. The van der Waals surface area contributed by atoms with Crippen molar-refractivity contribution in [2.75, 3.05) is 6.54 Å². The topological polar surface area (TPSA) is 119 Å². The van der Waals surface area contributed by atoms with E-state index in [0.29, 0.717) is 38.6 Å². The van der Waals surface area contributed by atoms with Crippen molar-refractivity contribution in [2.24, 2.45) is 5.73 Å². The summed E-state index contributed by atoms with van der Waals surface area (Å²) in [5.74, 6) is -1.32. The summed E-state index contributed by atoms with van der Waals surface area (Å²) >= 11 is 0. The number of carbonyl (C=O) groups excluding carboxylic acids is 2. The van der Waals surface area contributed by atoms with Crippen molar-refractivity contribution >= 4 is 17.8 Å². The van der Waals surface area contributed by atoms with Crippen molar-refractivity contribution in [3.8, 4) is 0 Å². The predicted molar refractivity (Wildman–Crippen MR) is 156 cm³/mol. The first-order valence-electron chi connectivity index (χ1n) is 15.9. The quantitative estimate of drug-likeness (QED) is 0.0701. The first kappa shape index (κ1) is 36.4. The second-order valence-corrected chi connectivity index (χ2v) is 10.9. The molecular formula is C31H60N2O5. The lowest BCUT2D eigenvalue weighted by Crippen LogP contribution is -2.40. The lowest BCUT2D eigenvalue weighted by atomic mass is 10.0. The fourth-order valence-corrected chi connectivity index (χ4v) is 4.73. The van der Waals surface area contributed by atoms with Gasteiger partial charge in [-0.05, 0) is 51.5 Å². The van der Waals surface area contributed by atoms with Gasteiger partial charge in [0.25, 0.3) is 0 Å². The number of amides is 1. The third kappa shape index (κ3) is 23.5. The Kier molecular flexibility index (Phi) is 25.8. The van der Waals surface area contributed by atoms with Crippen molar-refractivity contribution in [1.82, 2.24) is 5.32 Å². The molecule has 7 nitrogen and oxygen atoms in total. The van der Waals surface area contributed by atoms with Crippen LogP contribution in [-0.4, -0.2) is 41.6 Å². The fourth-order valence-electron chi connectivity index (χ4n) is 4.73. The van der Waals surface area contributed by atoms with Crippen molar-refractivity contribution in [3.63, 3.8) is 0 Å². The van der Waals surface area contributed by atoms with E-state index in [1.807, 2.05) is 0 Å². The van der Waals surface area contributed by atoms with Gasteiger partial charge in [0.1, 0.15) is 12.1 Å². The minimum absolute atomic E-state index is 0.0405. The summed E-state index contributed by atoms with van der Waals surface area (Å²) in [6.07, 6.45) is 23.3. The van der Waals surface area contributed by atoms with Gasteiger partial charge < -0.3 is 20.9 Å². The van der Waals surface area contributed by atoms with Gasteiger partial charge in [-0.3, -0.25) is 9.59 Å². The minimum Gasteiger partial charge on any atom is -0.480 e. The van der Waals surface area contributed by atoms with Gasteiger partial charge in [0.15, 0.2) is 0 Å². The van der Waals surface area contributed by atoms with E-state index in [1.54, 1.807) is 0 Å². The van der Waals surface area contributed by atoms with E-state index in [2.05, 4.69) is 19.2 Å². The number of esters is 1. The maximum absolute atomic E-state index is 12.4. The van der Waals surface area contributed by atoms with Crippen LogP contribution in [0.1, 0.15) is 162 Å². The summed E-state index contributed by atoms with van der Waals surface area (Å²) in [6, 6.07) is -0.867. The lowest BCUT2D eigenvalue weighted by Gasteiger charge is -2.18. The Labute approximate surface area is 233 Å². The normalized spacial score (nSPS) is 12.7. The molecule has 0 radical (unpaired) electrons. The van der Waals surface area contributed by atoms with E-state index in [-0.39, 0.29) is 18.0 Å². The monoisotopic (exact) mass is 540 g/mol. The van der Waals surface area contributed by atoms with Gasteiger partial charge in [-0.15, -0.1) is 0 Å². The average molecular weight is 541 g/mol. The van der Waals surface area contributed by atoms with Crippen molar-refractivity contribution in [3.05, 3.63) is 0 Å². The Bertz CT molecular complexity index is 585. The van der Waals surface area contributed by atoms with Crippen molar-refractivity contribution in [2.45, 2.75) is 174 Å². The van der Waals surface area contributed by atoms with Crippen molar-refractivity contribution in [1.29, 1.82) is 0 Å². The highest BCUT2D eigenvalue weighted by molar-refractivity contribution is 5.83.